The fourth-order valence-corrected chi connectivity index (χ4v) is 1.77. The zero-order valence-corrected chi connectivity index (χ0v) is 10.9. The van der Waals surface area contributed by atoms with E-state index in [2.05, 4.69) is 13.8 Å². The van der Waals surface area contributed by atoms with E-state index in [4.69, 9.17) is 4.74 Å². The van der Waals surface area contributed by atoms with Crippen LogP contribution in [0.1, 0.15) is 54.6 Å². The summed E-state index contributed by atoms with van der Waals surface area (Å²) in [5.74, 6) is 0.292. The minimum atomic E-state index is -0.120. The van der Waals surface area contributed by atoms with Gasteiger partial charge in [0.25, 0.3) is 0 Å². The predicted octanol–water partition coefficient (Wildman–Crippen LogP) is 3.25. The Labute approximate surface area is 102 Å². The van der Waals surface area contributed by atoms with Gasteiger partial charge in [-0.25, -0.2) is 0 Å². The van der Waals surface area contributed by atoms with Gasteiger partial charge < -0.3 is 9.84 Å². The van der Waals surface area contributed by atoms with Gasteiger partial charge in [0, 0.05) is 12.7 Å². The van der Waals surface area contributed by atoms with E-state index >= 15 is 0 Å². The molecule has 94 valence electrons. The fourth-order valence-electron chi connectivity index (χ4n) is 1.77. The molecule has 0 amide bonds. The number of carbonyl (C=O) groups excluding carboxylic acids is 1. The Bertz CT molecular complexity index is 410. The topological polar surface area (TPSA) is 46.5 Å². The maximum atomic E-state index is 11.5. The Kier molecular flexibility index (Phi) is 4.70. The Morgan fingerprint density at radius 1 is 1.47 bits per heavy atom. The van der Waals surface area contributed by atoms with E-state index in [0.29, 0.717) is 23.7 Å². The lowest BCUT2D eigenvalue weighted by Crippen LogP contribution is -2.02. The lowest BCUT2D eigenvalue weighted by molar-refractivity contribution is 0.101. The number of aromatic hydroxyl groups is 1. The summed E-state index contributed by atoms with van der Waals surface area (Å²) in [4.78, 5) is 11.5. The summed E-state index contributed by atoms with van der Waals surface area (Å²) in [5.41, 5.74) is 2.13. The number of hydrogen-bond donors (Lipinski definition) is 1. The van der Waals surface area contributed by atoms with Crippen LogP contribution in [0.3, 0.4) is 0 Å². The zero-order chi connectivity index (χ0) is 13.0. The Hall–Kier alpha value is -1.35. The van der Waals surface area contributed by atoms with Crippen molar-refractivity contribution in [3.8, 4) is 5.75 Å². The third kappa shape index (κ3) is 3.07. The average Bonchev–Trinajstić information content (AvgIpc) is 2.30. The molecule has 1 aromatic carbocycles. The first-order valence-electron chi connectivity index (χ1n) is 5.86. The first kappa shape index (κ1) is 13.7. The number of ether oxygens (including phenoxy) is 1. The van der Waals surface area contributed by atoms with Crippen molar-refractivity contribution in [2.75, 3.05) is 7.11 Å². The molecule has 0 bridgehead atoms. The second-order valence-corrected chi connectivity index (χ2v) is 4.37. The summed E-state index contributed by atoms with van der Waals surface area (Å²) in [7, 11) is 1.57. The van der Waals surface area contributed by atoms with Crippen molar-refractivity contribution in [1.29, 1.82) is 0 Å². The third-order valence-electron chi connectivity index (χ3n) is 3.07. The minimum absolute atomic E-state index is 0.0476. The van der Waals surface area contributed by atoms with Crippen LogP contribution in [0.4, 0.5) is 0 Å². The highest BCUT2D eigenvalue weighted by Gasteiger charge is 2.15. The second kappa shape index (κ2) is 5.82. The average molecular weight is 236 g/mol. The van der Waals surface area contributed by atoms with Gasteiger partial charge in [-0.05, 0) is 37.0 Å². The van der Waals surface area contributed by atoms with E-state index in [9.17, 15) is 9.90 Å². The minimum Gasteiger partial charge on any atom is -0.507 e. The van der Waals surface area contributed by atoms with Gasteiger partial charge in [0.1, 0.15) is 5.75 Å². The van der Waals surface area contributed by atoms with Crippen molar-refractivity contribution in [2.24, 2.45) is 0 Å². The molecule has 17 heavy (non-hydrogen) atoms. The van der Waals surface area contributed by atoms with Crippen molar-refractivity contribution in [3.63, 3.8) is 0 Å². The second-order valence-electron chi connectivity index (χ2n) is 4.37. The molecule has 1 atom stereocenters. The molecule has 1 unspecified atom stereocenters. The van der Waals surface area contributed by atoms with Gasteiger partial charge in [-0.3, -0.25) is 4.79 Å². The van der Waals surface area contributed by atoms with E-state index in [1.54, 1.807) is 13.2 Å². The monoisotopic (exact) mass is 236 g/mol. The van der Waals surface area contributed by atoms with Gasteiger partial charge >= 0.3 is 0 Å². The molecule has 1 aromatic rings. The number of Topliss-reactive ketones (excluding diaryl/α,β-unsaturated/α-hetero) is 1. The van der Waals surface area contributed by atoms with Crippen molar-refractivity contribution >= 4 is 5.78 Å². The van der Waals surface area contributed by atoms with Crippen LogP contribution in [-0.2, 0) is 11.3 Å². The molecule has 0 aliphatic rings. The van der Waals surface area contributed by atoms with Crippen LogP contribution in [0.2, 0.25) is 0 Å². The van der Waals surface area contributed by atoms with Crippen LogP contribution < -0.4 is 0 Å². The lowest BCUT2D eigenvalue weighted by Gasteiger charge is -2.14. The summed E-state index contributed by atoms with van der Waals surface area (Å²) in [5, 5.41) is 9.97. The predicted molar refractivity (Wildman–Crippen MR) is 67.5 cm³/mol. The van der Waals surface area contributed by atoms with Crippen molar-refractivity contribution in [1.82, 2.24) is 0 Å². The molecule has 0 aliphatic carbocycles. The molecule has 0 spiro atoms. The highest BCUT2D eigenvalue weighted by atomic mass is 16.5. The van der Waals surface area contributed by atoms with Crippen LogP contribution in [0.15, 0.2) is 12.1 Å². The summed E-state index contributed by atoms with van der Waals surface area (Å²) < 4.78 is 5.04. The van der Waals surface area contributed by atoms with Crippen LogP contribution in [0, 0.1) is 0 Å². The Morgan fingerprint density at radius 3 is 2.59 bits per heavy atom. The number of carbonyl (C=O) groups is 1. The third-order valence-corrected chi connectivity index (χ3v) is 3.07. The van der Waals surface area contributed by atoms with Crippen LogP contribution >= 0.6 is 0 Å². The number of ketones is 1. The maximum absolute atomic E-state index is 11.5. The van der Waals surface area contributed by atoms with Crippen LogP contribution in [0.25, 0.3) is 0 Å². The molecule has 3 heteroatoms. The van der Waals surface area contributed by atoms with E-state index < -0.39 is 0 Å². The normalized spacial score (nSPS) is 12.5. The van der Waals surface area contributed by atoms with E-state index in [-0.39, 0.29) is 11.5 Å². The number of rotatable bonds is 5. The highest BCUT2D eigenvalue weighted by Crippen LogP contribution is 2.30. The van der Waals surface area contributed by atoms with Gasteiger partial charge in [0.05, 0.1) is 12.2 Å². The first-order chi connectivity index (χ1) is 8.01. The van der Waals surface area contributed by atoms with Gasteiger partial charge in [0.15, 0.2) is 5.78 Å². The number of phenolic OH excluding ortho intramolecular Hbond substituents is 1. The van der Waals surface area contributed by atoms with Crippen LogP contribution in [-0.4, -0.2) is 18.0 Å². The molecule has 0 aliphatic heterocycles. The molecule has 0 saturated carbocycles. The highest BCUT2D eigenvalue weighted by molar-refractivity contribution is 5.97. The quantitative estimate of drug-likeness (QED) is 0.798. The van der Waals surface area contributed by atoms with Gasteiger partial charge in [-0.1, -0.05) is 13.8 Å². The van der Waals surface area contributed by atoms with Crippen molar-refractivity contribution in [2.45, 2.75) is 39.7 Å². The SMILES string of the molecule is CCC(C)c1cc(COC)c(O)c(C(C)=O)c1. The summed E-state index contributed by atoms with van der Waals surface area (Å²) in [6.07, 6.45) is 0.995. The first-order valence-corrected chi connectivity index (χ1v) is 5.86. The molecule has 0 radical (unpaired) electrons. The number of benzene rings is 1. The zero-order valence-electron chi connectivity index (χ0n) is 10.9. The molecule has 1 N–H and O–H groups in total. The van der Waals surface area contributed by atoms with Crippen molar-refractivity contribution < 1.29 is 14.6 Å². The lowest BCUT2D eigenvalue weighted by atomic mass is 9.93. The molecule has 0 heterocycles. The number of phenols is 1. The molecule has 0 fully saturated rings. The number of methoxy groups -OCH3 is 1. The Morgan fingerprint density at radius 2 is 2.12 bits per heavy atom. The van der Waals surface area contributed by atoms with Gasteiger partial charge in [-0.2, -0.15) is 0 Å². The van der Waals surface area contributed by atoms with Crippen molar-refractivity contribution in [3.05, 3.63) is 28.8 Å². The molecule has 0 aromatic heterocycles. The Balaban J connectivity index is 3.30. The summed E-state index contributed by atoms with van der Waals surface area (Å²) >= 11 is 0. The fraction of sp³-hybridized carbons (Fsp3) is 0.500. The van der Waals surface area contributed by atoms with E-state index in [1.165, 1.54) is 6.92 Å². The van der Waals surface area contributed by atoms with E-state index in [1.807, 2.05) is 6.07 Å². The van der Waals surface area contributed by atoms with Gasteiger partial charge in [0.2, 0.25) is 0 Å². The molecular weight excluding hydrogens is 216 g/mol. The van der Waals surface area contributed by atoms with Gasteiger partial charge in [-0.15, -0.1) is 0 Å². The molecular formula is C14H20O3. The smallest absolute Gasteiger partial charge is 0.163 e. The number of hydrogen-bond acceptors (Lipinski definition) is 3. The largest absolute Gasteiger partial charge is 0.507 e. The summed E-state index contributed by atoms with van der Waals surface area (Å²) in [6, 6.07) is 3.70. The molecule has 1 rings (SSSR count). The molecule has 0 saturated heterocycles. The molecule has 3 nitrogen and oxygen atoms in total. The van der Waals surface area contributed by atoms with E-state index in [0.717, 1.165) is 12.0 Å². The maximum Gasteiger partial charge on any atom is 0.163 e. The summed E-state index contributed by atoms with van der Waals surface area (Å²) in [6.45, 7) is 5.98. The van der Waals surface area contributed by atoms with Crippen LogP contribution in [0.5, 0.6) is 5.75 Å². The standard InChI is InChI=1S/C14H20O3/c1-5-9(2)11-6-12(8-17-4)14(16)13(7-11)10(3)15/h6-7,9,16H,5,8H2,1-4H3.